The van der Waals surface area contributed by atoms with Gasteiger partial charge in [-0.15, -0.1) is 0 Å². The Kier molecular flexibility index (Phi) is 5.69. The number of para-hydroxylation sites is 2. The third-order valence-electron chi connectivity index (χ3n) is 3.31. The number of unbranched alkanes of at least 4 members (excludes halogenated alkanes) is 3. The molecule has 0 aliphatic carbocycles. The molecule has 1 heterocycles. The van der Waals surface area contributed by atoms with Gasteiger partial charge in [0.2, 0.25) is 0 Å². The summed E-state index contributed by atoms with van der Waals surface area (Å²) in [5, 5.41) is 9.89. The second-order valence-electron chi connectivity index (χ2n) is 5.06. The first-order valence-corrected chi connectivity index (χ1v) is 7.37. The van der Waals surface area contributed by atoms with E-state index in [0.717, 1.165) is 29.6 Å². The normalized spacial score (nSPS) is 13.1. The van der Waals surface area contributed by atoms with Crippen LogP contribution in [0.4, 0.5) is 0 Å². The molecule has 2 aromatic rings. The van der Waals surface area contributed by atoms with Crippen molar-refractivity contribution in [2.45, 2.75) is 45.1 Å². The molecule has 0 fully saturated rings. The van der Waals surface area contributed by atoms with Gasteiger partial charge in [0.05, 0.1) is 29.0 Å². The standard InChI is InChI=1S/C17H22N2O/c1-2-3-4-5-8-15(20)12-11-14-13-18-16-9-6-7-10-17(16)19-14/h6-7,9-13,15,20H,2-5,8H2,1H3/b12-11+. The van der Waals surface area contributed by atoms with Crippen molar-refractivity contribution in [1.82, 2.24) is 9.97 Å². The number of hydrogen-bond donors (Lipinski definition) is 1. The highest BCUT2D eigenvalue weighted by atomic mass is 16.3. The fourth-order valence-corrected chi connectivity index (χ4v) is 2.14. The lowest BCUT2D eigenvalue weighted by atomic mass is 10.1. The molecule has 0 aliphatic rings. The highest BCUT2D eigenvalue weighted by Crippen LogP contribution is 2.11. The molecule has 0 radical (unpaired) electrons. The van der Waals surface area contributed by atoms with Gasteiger partial charge in [-0.3, -0.25) is 4.98 Å². The molecular weight excluding hydrogens is 248 g/mol. The molecule has 0 aliphatic heterocycles. The molecule has 3 heteroatoms. The fourth-order valence-electron chi connectivity index (χ4n) is 2.14. The Hall–Kier alpha value is -1.74. The van der Waals surface area contributed by atoms with Crippen LogP contribution in [0.25, 0.3) is 17.1 Å². The maximum Gasteiger partial charge on any atom is 0.0894 e. The van der Waals surface area contributed by atoms with E-state index in [-0.39, 0.29) is 6.10 Å². The lowest BCUT2D eigenvalue weighted by Gasteiger charge is -2.04. The minimum absolute atomic E-state index is 0.389. The van der Waals surface area contributed by atoms with E-state index in [9.17, 15) is 5.11 Å². The summed E-state index contributed by atoms with van der Waals surface area (Å²) in [5.41, 5.74) is 2.56. The molecule has 1 N–H and O–H groups in total. The van der Waals surface area contributed by atoms with Crippen molar-refractivity contribution >= 4 is 17.1 Å². The van der Waals surface area contributed by atoms with E-state index < -0.39 is 0 Å². The van der Waals surface area contributed by atoms with Crippen molar-refractivity contribution < 1.29 is 5.11 Å². The summed E-state index contributed by atoms with van der Waals surface area (Å²) in [6, 6.07) is 7.79. The maximum atomic E-state index is 9.89. The van der Waals surface area contributed by atoms with E-state index >= 15 is 0 Å². The molecule has 0 spiro atoms. The van der Waals surface area contributed by atoms with Crippen LogP contribution in [-0.4, -0.2) is 21.2 Å². The van der Waals surface area contributed by atoms with Crippen LogP contribution < -0.4 is 0 Å². The van der Waals surface area contributed by atoms with Gasteiger partial charge in [-0.25, -0.2) is 4.98 Å². The number of aromatic nitrogens is 2. The zero-order valence-electron chi connectivity index (χ0n) is 12.0. The first kappa shape index (κ1) is 14.7. The lowest BCUT2D eigenvalue weighted by Crippen LogP contribution is -2.01. The Morgan fingerprint density at radius 2 is 1.95 bits per heavy atom. The van der Waals surface area contributed by atoms with E-state index in [1.54, 1.807) is 6.20 Å². The molecule has 1 aromatic heterocycles. The van der Waals surface area contributed by atoms with Crippen LogP contribution in [0, 0.1) is 0 Å². The summed E-state index contributed by atoms with van der Waals surface area (Å²) in [4.78, 5) is 8.85. The van der Waals surface area contributed by atoms with Crippen molar-refractivity contribution in [2.75, 3.05) is 0 Å². The second kappa shape index (κ2) is 7.75. The zero-order valence-corrected chi connectivity index (χ0v) is 12.0. The third kappa shape index (κ3) is 4.42. The van der Waals surface area contributed by atoms with Crippen LogP contribution in [-0.2, 0) is 0 Å². The van der Waals surface area contributed by atoms with Crippen LogP contribution in [0.15, 0.2) is 36.5 Å². The number of benzene rings is 1. The van der Waals surface area contributed by atoms with Gasteiger partial charge in [-0.05, 0) is 24.6 Å². The Balaban J connectivity index is 1.91. The molecule has 0 amide bonds. The average Bonchev–Trinajstić information content (AvgIpc) is 2.49. The summed E-state index contributed by atoms with van der Waals surface area (Å²) in [6.45, 7) is 2.19. The molecule has 1 aromatic carbocycles. The van der Waals surface area contributed by atoms with Gasteiger partial charge in [-0.2, -0.15) is 0 Å². The Morgan fingerprint density at radius 1 is 1.15 bits per heavy atom. The number of aliphatic hydroxyl groups is 1. The van der Waals surface area contributed by atoms with E-state index in [2.05, 4.69) is 16.9 Å². The molecule has 20 heavy (non-hydrogen) atoms. The first-order chi connectivity index (χ1) is 9.79. The largest absolute Gasteiger partial charge is 0.389 e. The molecular formula is C17H22N2O. The summed E-state index contributed by atoms with van der Waals surface area (Å²) in [7, 11) is 0. The Morgan fingerprint density at radius 3 is 2.75 bits per heavy atom. The molecule has 106 valence electrons. The summed E-state index contributed by atoms with van der Waals surface area (Å²) in [6.07, 6.45) is 10.6. The highest BCUT2D eigenvalue weighted by molar-refractivity contribution is 5.74. The number of aliphatic hydroxyl groups excluding tert-OH is 1. The van der Waals surface area contributed by atoms with E-state index in [0.29, 0.717) is 0 Å². The van der Waals surface area contributed by atoms with Crippen LogP contribution in [0.5, 0.6) is 0 Å². The Bertz CT molecular complexity index is 566. The number of fused-ring (bicyclic) bond motifs is 1. The van der Waals surface area contributed by atoms with Gasteiger partial charge < -0.3 is 5.11 Å². The van der Waals surface area contributed by atoms with Gasteiger partial charge in [0, 0.05) is 0 Å². The topological polar surface area (TPSA) is 46.0 Å². The predicted molar refractivity (Wildman–Crippen MR) is 83.3 cm³/mol. The van der Waals surface area contributed by atoms with Crippen molar-refractivity contribution in [1.29, 1.82) is 0 Å². The Labute approximate surface area is 120 Å². The molecule has 0 saturated heterocycles. The molecule has 0 bridgehead atoms. The maximum absolute atomic E-state index is 9.89. The van der Waals surface area contributed by atoms with Crippen LogP contribution in [0.2, 0.25) is 0 Å². The fraction of sp³-hybridized carbons (Fsp3) is 0.412. The summed E-state index contributed by atoms with van der Waals surface area (Å²) in [5.74, 6) is 0. The smallest absolute Gasteiger partial charge is 0.0894 e. The van der Waals surface area contributed by atoms with E-state index in [4.69, 9.17) is 0 Å². The third-order valence-corrected chi connectivity index (χ3v) is 3.31. The van der Waals surface area contributed by atoms with Crippen molar-refractivity contribution in [3.63, 3.8) is 0 Å². The van der Waals surface area contributed by atoms with Crippen molar-refractivity contribution in [3.05, 3.63) is 42.2 Å². The van der Waals surface area contributed by atoms with Gasteiger partial charge in [-0.1, -0.05) is 50.8 Å². The number of rotatable bonds is 7. The van der Waals surface area contributed by atoms with Gasteiger partial charge in [0.1, 0.15) is 0 Å². The SMILES string of the molecule is CCCCCCC(O)/C=C/c1cnc2ccccc2n1. The molecule has 2 rings (SSSR count). The van der Waals surface area contributed by atoms with Crippen LogP contribution >= 0.6 is 0 Å². The molecule has 1 unspecified atom stereocenters. The van der Waals surface area contributed by atoms with Crippen molar-refractivity contribution in [2.24, 2.45) is 0 Å². The quantitative estimate of drug-likeness (QED) is 0.774. The number of nitrogens with zero attached hydrogens (tertiary/aromatic N) is 2. The molecule has 3 nitrogen and oxygen atoms in total. The zero-order chi connectivity index (χ0) is 14.2. The minimum atomic E-state index is -0.389. The monoisotopic (exact) mass is 270 g/mol. The van der Waals surface area contributed by atoms with E-state index in [1.807, 2.05) is 36.4 Å². The summed E-state index contributed by atoms with van der Waals surface area (Å²) < 4.78 is 0. The van der Waals surface area contributed by atoms with Crippen LogP contribution in [0.3, 0.4) is 0 Å². The lowest BCUT2D eigenvalue weighted by molar-refractivity contribution is 0.209. The molecule has 0 saturated carbocycles. The number of hydrogen-bond acceptors (Lipinski definition) is 3. The predicted octanol–water partition coefficient (Wildman–Crippen LogP) is 3.97. The summed E-state index contributed by atoms with van der Waals surface area (Å²) >= 11 is 0. The van der Waals surface area contributed by atoms with Crippen molar-refractivity contribution in [3.8, 4) is 0 Å². The van der Waals surface area contributed by atoms with Crippen LogP contribution in [0.1, 0.15) is 44.7 Å². The average molecular weight is 270 g/mol. The van der Waals surface area contributed by atoms with Gasteiger partial charge >= 0.3 is 0 Å². The highest BCUT2D eigenvalue weighted by Gasteiger charge is 2.00. The second-order valence-corrected chi connectivity index (χ2v) is 5.06. The molecule has 1 atom stereocenters. The minimum Gasteiger partial charge on any atom is -0.389 e. The van der Waals surface area contributed by atoms with Gasteiger partial charge in [0.25, 0.3) is 0 Å². The van der Waals surface area contributed by atoms with E-state index in [1.165, 1.54) is 19.3 Å². The first-order valence-electron chi connectivity index (χ1n) is 7.37. The van der Waals surface area contributed by atoms with Gasteiger partial charge in [0.15, 0.2) is 0 Å².